The van der Waals surface area contributed by atoms with E-state index in [4.69, 9.17) is 4.42 Å². The van der Waals surface area contributed by atoms with E-state index in [-0.39, 0.29) is 0 Å². The summed E-state index contributed by atoms with van der Waals surface area (Å²) in [6, 6.07) is 0.960. The van der Waals surface area contributed by atoms with Crippen molar-refractivity contribution in [2.45, 2.75) is 45.8 Å². The maximum Gasteiger partial charge on any atom is 0.390 e. The second kappa shape index (κ2) is 5.58. The monoisotopic (exact) mass is 249 g/mol. The van der Waals surface area contributed by atoms with E-state index in [0.29, 0.717) is 23.6 Å². The summed E-state index contributed by atoms with van der Waals surface area (Å²) in [5.41, 5.74) is 0.605. The third kappa shape index (κ3) is 4.42. The number of hydrogen-bond donors (Lipinski definition) is 1. The maximum atomic E-state index is 12.5. The Balaban J connectivity index is 2.85. The largest absolute Gasteiger partial charge is 0.466 e. The van der Waals surface area contributed by atoms with Crippen molar-refractivity contribution in [2.75, 3.05) is 6.54 Å². The Bertz CT molecular complexity index is 357. The minimum Gasteiger partial charge on any atom is -0.466 e. The van der Waals surface area contributed by atoms with Crippen molar-refractivity contribution in [1.29, 1.82) is 0 Å². The van der Waals surface area contributed by atoms with Crippen LogP contribution in [0.5, 0.6) is 0 Å². The van der Waals surface area contributed by atoms with Crippen LogP contribution >= 0.6 is 0 Å². The lowest BCUT2D eigenvalue weighted by Gasteiger charge is -2.19. The van der Waals surface area contributed by atoms with Crippen molar-refractivity contribution in [1.82, 2.24) is 5.32 Å². The average Bonchev–Trinajstić information content (AvgIpc) is 2.50. The fourth-order valence-electron chi connectivity index (χ4n) is 1.84. The van der Waals surface area contributed by atoms with Gasteiger partial charge in [-0.2, -0.15) is 13.2 Å². The molecule has 5 heteroatoms. The smallest absolute Gasteiger partial charge is 0.390 e. The number of aryl methyl sites for hydroxylation is 2. The molecule has 0 aromatic carbocycles. The van der Waals surface area contributed by atoms with Gasteiger partial charge in [0, 0.05) is 11.6 Å². The Kier molecular flexibility index (Phi) is 4.62. The van der Waals surface area contributed by atoms with Gasteiger partial charge in [-0.25, -0.2) is 0 Å². The normalized spacial score (nSPS) is 14.0. The molecule has 2 nitrogen and oxygen atoms in total. The van der Waals surface area contributed by atoms with E-state index < -0.39 is 18.6 Å². The van der Waals surface area contributed by atoms with Gasteiger partial charge in [-0.15, -0.1) is 0 Å². The van der Waals surface area contributed by atoms with Crippen molar-refractivity contribution >= 4 is 0 Å². The first-order valence-corrected chi connectivity index (χ1v) is 5.70. The summed E-state index contributed by atoms with van der Waals surface area (Å²) in [6.07, 6.45) is -4.25. The molecule has 0 saturated carbocycles. The summed E-state index contributed by atoms with van der Waals surface area (Å²) in [4.78, 5) is 0. The third-order valence-electron chi connectivity index (χ3n) is 2.53. The van der Waals surface area contributed by atoms with E-state index in [0.717, 1.165) is 6.42 Å². The third-order valence-corrected chi connectivity index (χ3v) is 2.53. The van der Waals surface area contributed by atoms with Crippen LogP contribution in [0.25, 0.3) is 0 Å². The van der Waals surface area contributed by atoms with E-state index in [2.05, 4.69) is 5.32 Å². The zero-order valence-corrected chi connectivity index (χ0v) is 10.3. The maximum absolute atomic E-state index is 12.5. The standard InChI is InChI=1S/C12H18F3NO/c1-4-5-16-11(7-12(13,14)15)10-6-8(2)17-9(10)3/h6,11,16H,4-5,7H2,1-3H3. The number of hydrogen-bond acceptors (Lipinski definition) is 2. The SMILES string of the molecule is CCCNC(CC(F)(F)F)c1cc(C)oc1C. The van der Waals surface area contributed by atoms with Crippen LogP contribution in [0.15, 0.2) is 10.5 Å². The van der Waals surface area contributed by atoms with Gasteiger partial charge in [0.25, 0.3) is 0 Å². The first kappa shape index (κ1) is 14.1. The van der Waals surface area contributed by atoms with Crippen molar-refractivity contribution in [3.63, 3.8) is 0 Å². The molecule has 0 bridgehead atoms. The Labute approximate surface area is 99.2 Å². The highest BCUT2D eigenvalue weighted by Crippen LogP contribution is 2.32. The van der Waals surface area contributed by atoms with Crippen LogP contribution in [0, 0.1) is 13.8 Å². The van der Waals surface area contributed by atoms with Gasteiger partial charge in [0.2, 0.25) is 0 Å². The molecule has 0 aliphatic rings. The Morgan fingerprint density at radius 3 is 2.41 bits per heavy atom. The minimum atomic E-state index is -4.18. The number of nitrogens with one attached hydrogen (secondary N) is 1. The van der Waals surface area contributed by atoms with E-state index >= 15 is 0 Å². The van der Waals surface area contributed by atoms with Crippen LogP contribution in [-0.4, -0.2) is 12.7 Å². The van der Waals surface area contributed by atoms with Crippen molar-refractivity contribution in [2.24, 2.45) is 0 Å². The molecule has 0 amide bonds. The molecule has 17 heavy (non-hydrogen) atoms. The average molecular weight is 249 g/mol. The molecule has 1 aromatic rings. The fourth-order valence-corrected chi connectivity index (χ4v) is 1.84. The van der Waals surface area contributed by atoms with Gasteiger partial charge in [0.1, 0.15) is 11.5 Å². The highest BCUT2D eigenvalue weighted by Gasteiger charge is 2.33. The van der Waals surface area contributed by atoms with Gasteiger partial charge in [0.05, 0.1) is 6.42 Å². The summed E-state index contributed by atoms with van der Waals surface area (Å²) in [5.74, 6) is 1.20. The summed E-state index contributed by atoms with van der Waals surface area (Å²) in [7, 11) is 0. The second-order valence-electron chi connectivity index (χ2n) is 4.19. The zero-order chi connectivity index (χ0) is 13.1. The van der Waals surface area contributed by atoms with Crippen LogP contribution in [0.4, 0.5) is 13.2 Å². The van der Waals surface area contributed by atoms with Crippen LogP contribution < -0.4 is 5.32 Å². The van der Waals surface area contributed by atoms with E-state index in [1.807, 2.05) is 6.92 Å². The summed E-state index contributed by atoms with van der Waals surface area (Å²) in [6.45, 7) is 5.91. The minimum absolute atomic E-state index is 0.556. The summed E-state index contributed by atoms with van der Waals surface area (Å²) >= 11 is 0. The number of halogens is 3. The van der Waals surface area contributed by atoms with E-state index in [9.17, 15) is 13.2 Å². The van der Waals surface area contributed by atoms with Crippen LogP contribution in [0.3, 0.4) is 0 Å². The molecule has 1 atom stereocenters. The first-order valence-electron chi connectivity index (χ1n) is 5.70. The predicted octanol–water partition coefficient (Wildman–Crippen LogP) is 3.89. The van der Waals surface area contributed by atoms with E-state index in [1.54, 1.807) is 19.9 Å². The molecule has 0 aliphatic heterocycles. The van der Waals surface area contributed by atoms with Gasteiger partial charge in [0.15, 0.2) is 0 Å². The molecular weight excluding hydrogens is 231 g/mol. The molecule has 1 rings (SSSR count). The number of alkyl halides is 3. The van der Waals surface area contributed by atoms with Gasteiger partial charge < -0.3 is 9.73 Å². The van der Waals surface area contributed by atoms with E-state index in [1.165, 1.54) is 0 Å². The Morgan fingerprint density at radius 2 is 2.00 bits per heavy atom. The summed E-state index contributed by atoms with van der Waals surface area (Å²) < 4.78 is 42.7. The topological polar surface area (TPSA) is 25.2 Å². The Morgan fingerprint density at radius 1 is 1.35 bits per heavy atom. The molecule has 1 N–H and O–H groups in total. The first-order chi connectivity index (χ1) is 7.83. The predicted molar refractivity (Wildman–Crippen MR) is 59.9 cm³/mol. The molecule has 1 heterocycles. The van der Waals surface area contributed by atoms with Crippen molar-refractivity contribution in [3.05, 3.63) is 23.2 Å². The molecule has 0 saturated heterocycles. The molecule has 0 aliphatic carbocycles. The lowest BCUT2D eigenvalue weighted by atomic mass is 10.0. The Hall–Kier alpha value is -0.970. The van der Waals surface area contributed by atoms with Crippen LogP contribution in [0.2, 0.25) is 0 Å². The van der Waals surface area contributed by atoms with Crippen molar-refractivity contribution in [3.8, 4) is 0 Å². The lowest BCUT2D eigenvalue weighted by Crippen LogP contribution is -2.27. The molecule has 1 unspecified atom stereocenters. The van der Waals surface area contributed by atoms with Gasteiger partial charge in [-0.05, 0) is 32.9 Å². The fraction of sp³-hybridized carbons (Fsp3) is 0.667. The highest BCUT2D eigenvalue weighted by atomic mass is 19.4. The molecule has 0 radical (unpaired) electrons. The molecule has 0 fully saturated rings. The van der Waals surface area contributed by atoms with Crippen LogP contribution in [-0.2, 0) is 0 Å². The zero-order valence-electron chi connectivity index (χ0n) is 10.3. The molecule has 98 valence electrons. The molecular formula is C12H18F3NO. The second-order valence-corrected chi connectivity index (χ2v) is 4.19. The number of furan rings is 1. The molecule has 1 aromatic heterocycles. The van der Waals surface area contributed by atoms with Gasteiger partial charge >= 0.3 is 6.18 Å². The number of rotatable bonds is 5. The highest BCUT2D eigenvalue weighted by molar-refractivity contribution is 5.24. The quantitative estimate of drug-likeness (QED) is 0.856. The van der Waals surface area contributed by atoms with Gasteiger partial charge in [-0.3, -0.25) is 0 Å². The van der Waals surface area contributed by atoms with Gasteiger partial charge in [-0.1, -0.05) is 6.92 Å². The van der Waals surface area contributed by atoms with Crippen molar-refractivity contribution < 1.29 is 17.6 Å². The lowest BCUT2D eigenvalue weighted by molar-refractivity contribution is -0.140. The molecule has 0 spiro atoms. The summed E-state index contributed by atoms with van der Waals surface area (Å²) in [5, 5.41) is 2.92. The van der Waals surface area contributed by atoms with Crippen LogP contribution in [0.1, 0.15) is 42.9 Å².